The molecule has 0 radical (unpaired) electrons. The minimum absolute atomic E-state index is 0.0343. The van der Waals surface area contributed by atoms with E-state index in [0.29, 0.717) is 0 Å². The maximum atomic E-state index is 11.9. The number of nitrogens with zero attached hydrogens (tertiary/aromatic N) is 2. The van der Waals surface area contributed by atoms with E-state index in [-0.39, 0.29) is 28.7 Å². The Labute approximate surface area is 106 Å². The molecular weight excluding hydrogens is 256 g/mol. The van der Waals surface area contributed by atoms with Crippen LogP contribution in [0.4, 0.5) is 0 Å². The maximum Gasteiger partial charge on any atom is 0.339 e. The van der Waals surface area contributed by atoms with E-state index in [0.717, 1.165) is 18.9 Å². The molecule has 1 atom stereocenters. The number of sulfone groups is 1. The first-order chi connectivity index (χ1) is 8.35. The number of carboxylic acids is 1. The maximum absolute atomic E-state index is 11.9. The van der Waals surface area contributed by atoms with Crippen LogP contribution in [-0.2, 0) is 15.6 Å². The molecule has 1 unspecified atom stereocenters. The fraction of sp³-hybridized carbons (Fsp3) is 0.545. The quantitative estimate of drug-likeness (QED) is 0.833. The Balaban J connectivity index is 2.94. The summed E-state index contributed by atoms with van der Waals surface area (Å²) in [5, 5.41) is 8.92. The second-order valence-electron chi connectivity index (χ2n) is 4.26. The van der Waals surface area contributed by atoms with Crippen LogP contribution in [0, 0.1) is 5.92 Å². The summed E-state index contributed by atoms with van der Waals surface area (Å²) < 4.78 is 23.8. The van der Waals surface area contributed by atoms with Crippen LogP contribution in [-0.4, -0.2) is 35.2 Å². The third-order valence-electron chi connectivity index (χ3n) is 2.62. The summed E-state index contributed by atoms with van der Waals surface area (Å²) in [5.41, 5.74) is -0.119. The molecule has 1 aromatic rings. The highest BCUT2D eigenvalue weighted by Crippen LogP contribution is 2.13. The van der Waals surface area contributed by atoms with E-state index >= 15 is 0 Å². The number of carboxylic acid groups (broad SMARTS) is 1. The van der Waals surface area contributed by atoms with Crippen molar-refractivity contribution in [3.63, 3.8) is 0 Å². The summed E-state index contributed by atoms with van der Waals surface area (Å²) in [5.74, 6) is -1.50. The van der Waals surface area contributed by atoms with Crippen molar-refractivity contribution in [1.82, 2.24) is 9.97 Å². The van der Waals surface area contributed by atoms with E-state index in [1.54, 1.807) is 0 Å². The molecule has 0 aliphatic rings. The molecule has 1 heterocycles. The van der Waals surface area contributed by atoms with Crippen molar-refractivity contribution in [2.24, 2.45) is 5.92 Å². The lowest BCUT2D eigenvalue weighted by atomic mass is 10.2. The van der Waals surface area contributed by atoms with Gasteiger partial charge in [0, 0.05) is 6.20 Å². The molecule has 0 aromatic carbocycles. The van der Waals surface area contributed by atoms with Crippen LogP contribution in [0.1, 0.15) is 36.3 Å². The molecule has 6 nitrogen and oxygen atoms in total. The average molecular weight is 272 g/mol. The zero-order valence-electron chi connectivity index (χ0n) is 10.3. The van der Waals surface area contributed by atoms with E-state index in [2.05, 4.69) is 9.97 Å². The standard InChI is InChI=1S/C11H16N2O4S/c1-3-8(2)5-18(16,17)6-10-9(11(14)15)4-12-7-13-10/h4,7-8H,3,5-6H2,1-2H3,(H,14,15). The van der Waals surface area contributed by atoms with Gasteiger partial charge in [0.05, 0.1) is 17.2 Å². The Morgan fingerprint density at radius 1 is 1.50 bits per heavy atom. The van der Waals surface area contributed by atoms with Crippen LogP contribution in [0.5, 0.6) is 0 Å². The summed E-state index contributed by atoms with van der Waals surface area (Å²) in [6.45, 7) is 3.75. The van der Waals surface area contributed by atoms with Gasteiger partial charge in [-0.1, -0.05) is 20.3 Å². The number of carbonyl (C=O) groups is 1. The normalized spacial score (nSPS) is 13.2. The molecule has 0 aliphatic carbocycles. The Morgan fingerprint density at radius 2 is 2.17 bits per heavy atom. The number of aromatic carboxylic acids is 1. The third kappa shape index (κ3) is 4.06. The van der Waals surface area contributed by atoms with Gasteiger partial charge in [0.25, 0.3) is 0 Å². The van der Waals surface area contributed by atoms with Crippen molar-refractivity contribution in [1.29, 1.82) is 0 Å². The minimum atomic E-state index is -3.36. The van der Waals surface area contributed by atoms with Crippen LogP contribution in [0.25, 0.3) is 0 Å². The Kier molecular flexibility index (Phi) is 4.77. The van der Waals surface area contributed by atoms with Gasteiger partial charge in [-0.2, -0.15) is 0 Å². The number of hydrogen-bond donors (Lipinski definition) is 1. The van der Waals surface area contributed by atoms with Crippen molar-refractivity contribution in [3.05, 3.63) is 23.8 Å². The average Bonchev–Trinajstić information content (AvgIpc) is 2.28. The van der Waals surface area contributed by atoms with Crippen molar-refractivity contribution in [2.75, 3.05) is 5.75 Å². The van der Waals surface area contributed by atoms with Gasteiger partial charge in [0.2, 0.25) is 0 Å². The highest BCUT2D eigenvalue weighted by molar-refractivity contribution is 7.90. The van der Waals surface area contributed by atoms with E-state index in [1.807, 2.05) is 13.8 Å². The fourth-order valence-corrected chi connectivity index (χ4v) is 3.33. The highest BCUT2D eigenvalue weighted by atomic mass is 32.2. The van der Waals surface area contributed by atoms with Gasteiger partial charge >= 0.3 is 5.97 Å². The molecule has 0 amide bonds. The van der Waals surface area contributed by atoms with Gasteiger partial charge in [-0.3, -0.25) is 0 Å². The number of rotatable bonds is 6. The summed E-state index contributed by atoms with van der Waals surface area (Å²) >= 11 is 0. The minimum Gasteiger partial charge on any atom is -0.478 e. The molecule has 0 fully saturated rings. The van der Waals surface area contributed by atoms with E-state index in [1.165, 1.54) is 0 Å². The van der Waals surface area contributed by atoms with Crippen LogP contribution in [0.15, 0.2) is 12.5 Å². The van der Waals surface area contributed by atoms with Crippen molar-refractivity contribution in [3.8, 4) is 0 Å². The second kappa shape index (κ2) is 5.90. The number of hydrogen-bond acceptors (Lipinski definition) is 5. The topological polar surface area (TPSA) is 97.2 Å². The van der Waals surface area contributed by atoms with Crippen LogP contribution >= 0.6 is 0 Å². The summed E-state index contributed by atoms with van der Waals surface area (Å²) in [7, 11) is -3.36. The Bertz CT molecular complexity index is 528. The highest BCUT2D eigenvalue weighted by Gasteiger charge is 2.20. The molecule has 0 spiro atoms. The molecule has 0 aliphatic heterocycles. The largest absolute Gasteiger partial charge is 0.478 e. The lowest BCUT2D eigenvalue weighted by Crippen LogP contribution is -2.18. The first-order valence-electron chi connectivity index (χ1n) is 5.58. The molecular formula is C11H16N2O4S. The SMILES string of the molecule is CCC(C)CS(=O)(=O)Cc1ncncc1C(=O)O. The molecule has 1 rings (SSSR count). The first-order valence-corrected chi connectivity index (χ1v) is 7.40. The zero-order valence-corrected chi connectivity index (χ0v) is 11.1. The van der Waals surface area contributed by atoms with Gasteiger partial charge < -0.3 is 5.11 Å². The third-order valence-corrected chi connectivity index (χ3v) is 4.41. The van der Waals surface area contributed by atoms with Crippen molar-refractivity contribution in [2.45, 2.75) is 26.0 Å². The number of aromatic nitrogens is 2. The monoisotopic (exact) mass is 272 g/mol. The predicted molar refractivity (Wildman–Crippen MR) is 65.9 cm³/mol. The Hall–Kier alpha value is -1.50. The first kappa shape index (κ1) is 14.6. The van der Waals surface area contributed by atoms with Gasteiger partial charge in [0.15, 0.2) is 9.84 Å². The fourth-order valence-electron chi connectivity index (χ4n) is 1.47. The van der Waals surface area contributed by atoms with Gasteiger partial charge in [0.1, 0.15) is 11.9 Å². The molecule has 100 valence electrons. The molecule has 1 aromatic heterocycles. The lowest BCUT2D eigenvalue weighted by molar-refractivity contribution is 0.0695. The molecule has 0 saturated heterocycles. The zero-order chi connectivity index (χ0) is 13.8. The summed E-state index contributed by atoms with van der Waals surface area (Å²) in [6.07, 6.45) is 3.03. The summed E-state index contributed by atoms with van der Waals surface area (Å²) in [6, 6.07) is 0. The molecule has 1 N–H and O–H groups in total. The van der Waals surface area contributed by atoms with Gasteiger partial charge in [-0.15, -0.1) is 0 Å². The summed E-state index contributed by atoms with van der Waals surface area (Å²) in [4.78, 5) is 18.2. The van der Waals surface area contributed by atoms with Gasteiger partial charge in [-0.25, -0.2) is 23.2 Å². The van der Waals surface area contributed by atoms with E-state index in [9.17, 15) is 13.2 Å². The molecule has 18 heavy (non-hydrogen) atoms. The van der Waals surface area contributed by atoms with Crippen molar-refractivity contribution < 1.29 is 18.3 Å². The second-order valence-corrected chi connectivity index (χ2v) is 6.37. The molecule has 7 heteroatoms. The smallest absolute Gasteiger partial charge is 0.339 e. The lowest BCUT2D eigenvalue weighted by Gasteiger charge is -2.10. The predicted octanol–water partition coefficient (Wildman–Crippen LogP) is 1.14. The Morgan fingerprint density at radius 3 is 2.72 bits per heavy atom. The van der Waals surface area contributed by atoms with Crippen molar-refractivity contribution >= 4 is 15.8 Å². The van der Waals surface area contributed by atoms with E-state index < -0.39 is 15.8 Å². The van der Waals surface area contributed by atoms with E-state index in [4.69, 9.17) is 5.11 Å². The van der Waals surface area contributed by atoms with Crippen LogP contribution < -0.4 is 0 Å². The molecule has 0 bridgehead atoms. The van der Waals surface area contributed by atoms with Crippen LogP contribution in [0.2, 0.25) is 0 Å². The molecule has 0 saturated carbocycles. The van der Waals surface area contributed by atoms with Crippen LogP contribution in [0.3, 0.4) is 0 Å². The van der Waals surface area contributed by atoms with Gasteiger partial charge in [-0.05, 0) is 5.92 Å².